The number of hydrogen-bond acceptors (Lipinski definition) is 4. The van der Waals surface area contributed by atoms with Crippen molar-refractivity contribution in [1.82, 2.24) is 14.8 Å². The lowest BCUT2D eigenvalue weighted by Gasteiger charge is -2.05. The van der Waals surface area contributed by atoms with Crippen molar-refractivity contribution in [3.63, 3.8) is 0 Å². The van der Waals surface area contributed by atoms with Gasteiger partial charge in [-0.1, -0.05) is 19.9 Å². The van der Waals surface area contributed by atoms with Crippen LogP contribution in [-0.2, 0) is 21.9 Å². The highest BCUT2D eigenvalue weighted by Gasteiger charge is 2.26. The fraction of sp³-hybridized carbons (Fsp3) is 0.333. The highest BCUT2D eigenvalue weighted by molar-refractivity contribution is 8.13. The Kier molecular flexibility index (Phi) is 3.91. The predicted octanol–water partition coefficient (Wildman–Crippen LogP) is 2.32. The van der Waals surface area contributed by atoms with E-state index in [4.69, 9.17) is 10.7 Å². The average Bonchev–Trinajstić information content (AvgIpc) is 2.78. The molecule has 0 fully saturated rings. The second-order valence-electron chi connectivity index (χ2n) is 3.97. The lowest BCUT2D eigenvalue weighted by molar-refractivity contribution is 0.607. The molecule has 0 saturated heterocycles. The van der Waals surface area contributed by atoms with E-state index in [0.717, 1.165) is 0 Å². The van der Waals surface area contributed by atoms with Gasteiger partial charge in [0.25, 0.3) is 9.05 Å². The van der Waals surface area contributed by atoms with Crippen LogP contribution in [-0.4, -0.2) is 23.2 Å². The minimum atomic E-state index is -3.81. The number of nitrogens with zero attached hydrogens (tertiary/aromatic N) is 3. The predicted molar refractivity (Wildman–Crippen MR) is 73.2 cm³/mol. The summed E-state index contributed by atoms with van der Waals surface area (Å²) >= 11 is 0. The van der Waals surface area contributed by atoms with Gasteiger partial charge in [-0.05, 0) is 25.0 Å². The zero-order valence-electron chi connectivity index (χ0n) is 10.7. The average molecular weight is 300 g/mol. The Hall–Kier alpha value is -1.40. The Morgan fingerprint density at radius 2 is 2.00 bits per heavy atom. The number of aryl methyl sites for hydroxylation is 1. The molecule has 0 atom stereocenters. The summed E-state index contributed by atoms with van der Waals surface area (Å²) in [5.74, 6) is 0.584. The van der Waals surface area contributed by atoms with E-state index in [-0.39, 0.29) is 4.90 Å². The van der Waals surface area contributed by atoms with Gasteiger partial charge in [-0.2, -0.15) is 5.10 Å². The Bertz CT molecular complexity index is 681. The van der Waals surface area contributed by atoms with Crippen LogP contribution in [0.1, 0.15) is 25.2 Å². The van der Waals surface area contributed by atoms with Crippen LogP contribution in [0.15, 0.2) is 29.3 Å². The fourth-order valence-electron chi connectivity index (χ4n) is 1.98. The van der Waals surface area contributed by atoms with Gasteiger partial charge in [0, 0.05) is 16.9 Å². The van der Waals surface area contributed by atoms with Gasteiger partial charge in [0.2, 0.25) is 0 Å². The Labute approximate surface area is 116 Å². The molecule has 2 heterocycles. The largest absolute Gasteiger partial charge is 0.265 e. The minimum absolute atomic E-state index is 0.116. The molecule has 2 aromatic heterocycles. The number of rotatable bonds is 4. The van der Waals surface area contributed by atoms with Crippen LogP contribution in [0, 0.1) is 0 Å². The lowest BCUT2D eigenvalue weighted by Crippen LogP contribution is -2.05. The molecule has 102 valence electrons. The first-order valence-electron chi connectivity index (χ1n) is 5.95. The zero-order chi connectivity index (χ0) is 14.0. The van der Waals surface area contributed by atoms with Gasteiger partial charge in [0.15, 0.2) is 5.82 Å². The number of aromatic nitrogens is 3. The quantitative estimate of drug-likeness (QED) is 0.813. The number of hydrogen-bond donors (Lipinski definition) is 0. The summed E-state index contributed by atoms with van der Waals surface area (Å²) in [6.45, 7) is 3.71. The van der Waals surface area contributed by atoms with Gasteiger partial charge in [-0.25, -0.2) is 18.1 Å². The molecule has 0 radical (unpaired) electrons. The smallest absolute Gasteiger partial charge is 0.237 e. The molecule has 0 N–H and O–H groups in total. The van der Waals surface area contributed by atoms with E-state index < -0.39 is 9.05 Å². The van der Waals surface area contributed by atoms with Crippen LogP contribution in [0.3, 0.4) is 0 Å². The Morgan fingerprint density at radius 3 is 2.47 bits per heavy atom. The monoisotopic (exact) mass is 299 g/mol. The molecule has 0 aliphatic heterocycles. The Balaban J connectivity index is 2.75. The molecule has 0 amide bonds. The first-order valence-corrected chi connectivity index (χ1v) is 8.26. The van der Waals surface area contributed by atoms with Crippen LogP contribution in [0.2, 0.25) is 0 Å². The van der Waals surface area contributed by atoms with E-state index in [9.17, 15) is 8.42 Å². The molecule has 0 spiro atoms. The highest BCUT2D eigenvalue weighted by Crippen LogP contribution is 2.26. The SMILES string of the molecule is CCc1nn(-c2ccccn2)c(CC)c1S(=O)(=O)Cl. The molecule has 5 nitrogen and oxygen atoms in total. The van der Waals surface area contributed by atoms with Gasteiger partial charge in [0.1, 0.15) is 4.90 Å². The molecule has 0 aromatic carbocycles. The van der Waals surface area contributed by atoms with Crippen molar-refractivity contribution in [2.45, 2.75) is 31.6 Å². The molecular formula is C12H14ClN3O2S. The summed E-state index contributed by atoms with van der Waals surface area (Å²) in [4.78, 5) is 4.31. The summed E-state index contributed by atoms with van der Waals surface area (Å²) in [6.07, 6.45) is 2.63. The third kappa shape index (κ3) is 2.64. The molecule has 0 bridgehead atoms. The van der Waals surface area contributed by atoms with Gasteiger partial charge in [-0.15, -0.1) is 0 Å². The second kappa shape index (κ2) is 5.30. The topological polar surface area (TPSA) is 64.8 Å². The summed E-state index contributed by atoms with van der Waals surface area (Å²) in [5.41, 5.74) is 1.03. The van der Waals surface area contributed by atoms with Crippen LogP contribution in [0.25, 0.3) is 5.82 Å². The van der Waals surface area contributed by atoms with E-state index in [2.05, 4.69) is 10.1 Å². The molecule has 0 saturated carbocycles. The number of halogens is 1. The van der Waals surface area contributed by atoms with E-state index in [1.165, 1.54) is 0 Å². The van der Waals surface area contributed by atoms with Crippen LogP contribution in [0.5, 0.6) is 0 Å². The van der Waals surface area contributed by atoms with E-state index in [1.54, 1.807) is 23.0 Å². The van der Waals surface area contributed by atoms with Crippen LogP contribution in [0.4, 0.5) is 0 Å². The van der Waals surface area contributed by atoms with Crippen molar-refractivity contribution < 1.29 is 8.42 Å². The van der Waals surface area contributed by atoms with Crippen molar-refractivity contribution in [3.8, 4) is 5.82 Å². The highest BCUT2D eigenvalue weighted by atomic mass is 35.7. The van der Waals surface area contributed by atoms with E-state index in [1.807, 2.05) is 19.9 Å². The first kappa shape index (κ1) is 14.0. The second-order valence-corrected chi connectivity index (χ2v) is 6.47. The lowest BCUT2D eigenvalue weighted by atomic mass is 10.2. The van der Waals surface area contributed by atoms with Gasteiger partial charge < -0.3 is 0 Å². The summed E-state index contributed by atoms with van der Waals surface area (Å²) in [6, 6.07) is 5.39. The molecule has 19 heavy (non-hydrogen) atoms. The molecule has 2 rings (SSSR count). The molecule has 2 aromatic rings. The molecule has 0 unspecified atom stereocenters. The fourth-order valence-corrected chi connectivity index (χ4v) is 3.49. The van der Waals surface area contributed by atoms with Crippen LogP contribution >= 0.6 is 10.7 Å². The van der Waals surface area contributed by atoms with Gasteiger partial charge in [-0.3, -0.25) is 0 Å². The molecular weight excluding hydrogens is 286 g/mol. The third-order valence-corrected chi connectivity index (χ3v) is 4.20. The number of pyridine rings is 1. The van der Waals surface area contributed by atoms with E-state index >= 15 is 0 Å². The van der Waals surface area contributed by atoms with Crippen molar-refractivity contribution in [2.24, 2.45) is 0 Å². The Morgan fingerprint density at radius 1 is 1.26 bits per heavy atom. The van der Waals surface area contributed by atoms with Gasteiger partial charge >= 0.3 is 0 Å². The molecule has 0 aliphatic carbocycles. The van der Waals surface area contributed by atoms with Crippen molar-refractivity contribution in [3.05, 3.63) is 35.8 Å². The molecule has 0 aliphatic rings. The van der Waals surface area contributed by atoms with E-state index in [0.29, 0.717) is 30.0 Å². The summed E-state index contributed by atoms with van der Waals surface area (Å²) in [5, 5.41) is 4.33. The molecule has 7 heteroatoms. The maximum absolute atomic E-state index is 11.7. The third-order valence-electron chi connectivity index (χ3n) is 2.78. The summed E-state index contributed by atoms with van der Waals surface area (Å²) < 4.78 is 25.0. The minimum Gasteiger partial charge on any atom is -0.237 e. The zero-order valence-corrected chi connectivity index (χ0v) is 12.2. The standard InChI is InChI=1S/C12H14ClN3O2S/c1-3-9-12(19(13,17)18)10(4-2)16(15-9)11-7-5-6-8-14-11/h5-8H,3-4H2,1-2H3. The summed E-state index contributed by atoms with van der Waals surface area (Å²) in [7, 11) is 1.71. The van der Waals surface area contributed by atoms with Crippen molar-refractivity contribution >= 4 is 19.7 Å². The first-order chi connectivity index (χ1) is 8.99. The maximum atomic E-state index is 11.7. The van der Waals surface area contributed by atoms with Crippen molar-refractivity contribution in [2.75, 3.05) is 0 Å². The maximum Gasteiger partial charge on any atom is 0.265 e. The van der Waals surface area contributed by atoms with Crippen molar-refractivity contribution in [1.29, 1.82) is 0 Å². The van der Waals surface area contributed by atoms with Gasteiger partial charge in [0.05, 0.1) is 11.4 Å². The van der Waals surface area contributed by atoms with Crippen LogP contribution < -0.4 is 0 Å². The normalized spacial score (nSPS) is 11.7.